The van der Waals surface area contributed by atoms with E-state index in [1.807, 2.05) is 55.5 Å². The summed E-state index contributed by atoms with van der Waals surface area (Å²) in [6.07, 6.45) is -0.405. The van der Waals surface area contributed by atoms with E-state index in [1.165, 1.54) is 0 Å². The summed E-state index contributed by atoms with van der Waals surface area (Å²) in [6.45, 7) is 3.03. The van der Waals surface area contributed by atoms with Crippen molar-refractivity contribution in [2.75, 3.05) is 13.2 Å². The summed E-state index contributed by atoms with van der Waals surface area (Å²) in [5.74, 6) is 0.885. The standard InChI is InChI=1S/C17H17ClO3/c1-12-4-2-3-5-16(12)19-10-15-11-20-17(21-15)13-6-8-14(18)9-7-13/h2-9,15,17H,10-11H2,1H3/t15-,17+/m0/s1. The van der Waals surface area contributed by atoms with Gasteiger partial charge in [-0.2, -0.15) is 0 Å². The Morgan fingerprint density at radius 2 is 1.90 bits per heavy atom. The van der Waals surface area contributed by atoms with Gasteiger partial charge in [-0.1, -0.05) is 41.9 Å². The number of aryl methyl sites for hydroxylation is 1. The second kappa shape index (κ2) is 6.48. The lowest BCUT2D eigenvalue weighted by atomic mass is 10.2. The van der Waals surface area contributed by atoms with Gasteiger partial charge in [0.2, 0.25) is 0 Å². The third kappa shape index (κ3) is 3.56. The van der Waals surface area contributed by atoms with E-state index in [9.17, 15) is 0 Å². The van der Waals surface area contributed by atoms with E-state index in [0.29, 0.717) is 18.2 Å². The Kier molecular flexibility index (Phi) is 4.44. The van der Waals surface area contributed by atoms with Gasteiger partial charge in [0.25, 0.3) is 0 Å². The number of halogens is 1. The first-order valence-electron chi connectivity index (χ1n) is 6.93. The normalized spacial score (nSPS) is 21.4. The summed E-state index contributed by atoms with van der Waals surface area (Å²) in [6, 6.07) is 15.4. The molecule has 2 aromatic rings. The molecular formula is C17H17ClO3. The van der Waals surface area contributed by atoms with Gasteiger partial charge in [-0.3, -0.25) is 0 Å². The van der Waals surface area contributed by atoms with Crippen LogP contribution in [0.15, 0.2) is 48.5 Å². The average molecular weight is 305 g/mol. The van der Waals surface area contributed by atoms with Gasteiger partial charge in [0.15, 0.2) is 6.29 Å². The van der Waals surface area contributed by atoms with Crippen molar-refractivity contribution in [1.82, 2.24) is 0 Å². The van der Waals surface area contributed by atoms with Crippen LogP contribution in [0.5, 0.6) is 5.75 Å². The molecule has 0 radical (unpaired) electrons. The van der Waals surface area contributed by atoms with Gasteiger partial charge in [-0.25, -0.2) is 0 Å². The molecule has 0 unspecified atom stereocenters. The van der Waals surface area contributed by atoms with Crippen molar-refractivity contribution in [1.29, 1.82) is 0 Å². The monoisotopic (exact) mass is 304 g/mol. The van der Waals surface area contributed by atoms with Crippen molar-refractivity contribution in [2.45, 2.75) is 19.3 Å². The van der Waals surface area contributed by atoms with Crippen LogP contribution in [0.25, 0.3) is 0 Å². The molecule has 1 aliphatic rings. The molecule has 2 atom stereocenters. The van der Waals surface area contributed by atoms with Crippen LogP contribution in [0.1, 0.15) is 17.4 Å². The summed E-state index contributed by atoms with van der Waals surface area (Å²) in [7, 11) is 0. The molecule has 1 saturated heterocycles. The van der Waals surface area contributed by atoms with Crippen LogP contribution in [0.3, 0.4) is 0 Å². The Morgan fingerprint density at radius 1 is 1.14 bits per heavy atom. The van der Waals surface area contributed by atoms with Crippen molar-refractivity contribution in [3.63, 3.8) is 0 Å². The smallest absolute Gasteiger partial charge is 0.184 e. The molecule has 0 N–H and O–H groups in total. The van der Waals surface area contributed by atoms with Crippen LogP contribution in [0.2, 0.25) is 5.02 Å². The first kappa shape index (κ1) is 14.4. The lowest BCUT2D eigenvalue weighted by molar-refractivity contribution is -0.0659. The van der Waals surface area contributed by atoms with Crippen molar-refractivity contribution in [3.8, 4) is 5.75 Å². The average Bonchev–Trinajstić information content (AvgIpc) is 2.96. The number of ether oxygens (including phenoxy) is 3. The third-order valence-corrected chi connectivity index (χ3v) is 3.66. The van der Waals surface area contributed by atoms with Crippen LogP contribution in [0, 0.1) is 6.92 Å². The van der Waals surface area contributed by atoms with E-state index in [2.05, 4.69) is 0 Å². The van der Waals surface area contributed by atoms with Crippen LogP contribution in [0.4, 0.5) is 0 Å². The molecule has 21 heavy (non-hydrogen) atoms. The number of hydrogen-bond donors (Lipinski definition) is 0. The Hall–Kier alpha value is -1.55. The van der Waals surface area contributed by atoms with Crippen molar-refractivity contribution < 1.29 is 14.2 Å². The summed E-state index contributed by atoms with van der Waals surface area (Å²) in [5, 5.41) is 0.705. The maximum atomic E-state index is 5.88. The van der Waals surface area contributed by atoms with Crippen molar-refractivity contribution >= 4 is 11.6 Å². The molecule has 3 rings (SSSR count). The predicted molar refractivity (Wildman–Crippen MR) is 81.7 cm³/mol. The van der Waals surface area contributed by atoms with Gasteiger partial charge in [0, 0.05) is 10.6 Å². The lowest BCUT2D eigenvalue weighted by Gasteiger charge is -2.14. The molecule has 0 aliphatic carbocycles. The fourth-order valence-electron chi connectivity index (χ4n) is 2.23. The Labute approximate surface area is 129 Å². The molecule has 0 bridgehead atoms. The third-order valence-electron chi connectivity index (χ3n) is 3.41. The molecule has 1 fully saturated rings. The van der Waals surface area contributed by atoms with E-state index in [4.69, 9.17) is 25.8 Å². The summed E-state index contributed by atoms with van der Waals surface area (Å²) < 4.78 is 17.3. The molecule has 4 heteroatoms. The first-order valence-corrected chi connectivity index (χ1v) is 7.31. The van der Waals surface area contributed by atoms with E-state index >= 15 is 0 Å². The van der Waals surface area contributed by atoms with E-state index in [0.717, 1.165) is 16.9 Å². The zero-order chi connectivity index (χ0) is 14.7. The predicted octanol–water partition coefficient (Wildman–Crippen LogP) is 4.14. The molecule has 0 aromatic heterocycles. The minimum atomic E-state index is -0.340. The summed E-state index contributed by atoms with van der Waals surface area (Å²) in [4.78, 5) is 0. The second-order valence-electron chi connectivity index (χ2n) is 5.05. The highest BCUT2D eigenvalue weighted by Crippen LogP contribution is 2.28. The van der Waals surface area contributed by atoms with Crippen LogP contribution in [-0.4, -0.2) is 19.3 Å². The van der Waals surface area contributed by atoms with Crippen LogP contribution >= 0.6 is 11.6 Å². The Morgan fingerprint density at radius 3 is 2.67 bits per heavy atom. The van der Waals surface area contributed by atoms with Gasteiger partial charge in [0.1, 0.15) is 18.5 Å². The molecule has 1 aliphatic heterocycles. The molecule has 0 saturated carbocycles. The number of benzene rings is 2. The molecule has 0 spiro atoms. The van der Waals surface area contributed by atoms with Crippen molar-refractivity contribution in [3.05, 3.63) is 64.7 Å². The highest BCUT2D eigenvalue weighted by Gasteiger charge is 2.27. The van der Waals surface area contributed by atoms with Crippen molar-refractivity contribution in [2.24, 2.45) is 0 Å². The minimum absolute atomic E-state index is 0.0646. The second-order valence-corrected chi connectivity index (χ2v) is 5.49. The minimum Gasteiger partial charge on any atom is -0.491 e. The first-order chi connectivity index (χ1) is 10.2. The maximum Gasteiger partial charge on any atom is 0.184 e. The van der Waals surface area contributed by atoms with Gasteiger partial charge >= 0.3 is 0 Å². The van der Waals surface area contributed by atoms with Gasteiger partial charge in [-0.15, -0.1) is 0 Å². The van der Waals surface area contributed by atoms with E-state index < -0.39 is 0 Å². The lowest BCUT2D eigenvalue weighted by Crippen LogP contribution is -2.20. The van der Waals surface area contributed by atoms with Crippen LogP contribution < -0.4 is 4.74 Å². The molecule has 1 heterocycles. The number of hydrogen-bond acceptors (Lipinski definition) is 3. The fraction of sp³-hybridized carbons (Fsp3) is 0.294. The zero-order valence-corrected chi connectivity index (χ0v) is 12.5. The molecule has 2 aromatic carbocycles. The van der Waals surface area contributed by atoms with E-state index in [-0.39, 0.29) is 12.4 Å². The molecule has 3 nitrogen and oxygen atoms in total. The largest absolute Gasteiger partial charge is 0.491 e. The van der Waals surface area contributed by atoms with Crippen LogP contribution in [-0.2, 0) is 9.47 Å². The number of rotatable bonds is 4. The SMILES string of the molecule is Cc1ccccc1OC[C@H]1CO[C@@H](c2ccc(Cl)cc2)O1. The number of para-hydroxylation sites is 1. The quantitative estimate of drug-likeness (QED) is 0.849. The van der Waals surface area contributed by atoms with Gasteiger partial charge < -0.3 is 14.2 Å². The van der Waals surface area contributed by atoms with E-state index in [1.54, 1.807) is 0 Å². The Balaban J connectivity index is 1.55. The highest BCUT2D eigenvalue weighted by atomic mass is 35.5. The molecular weight excluding hydrogens is 288 g/mol. The maximum absolute atomic E-state index is 5.88. The summed E-state index contributed by atoms with van der Waals surface area (Å²) in [5.41, 5.74) is 2.09. The van der Waals surface area contributed by atoms with Gasteiger partial charge in [-0.05, 0) is 30.7 Å². The Bertz CT molecular complexity index is 597. The molecule has 110 valence electrons. The fourth-order valence-corrected chi connectivity index (χ4v) is 2.36. The molecule has 0 amide bonds. The van der Waals surface area contributed by atoms with Gasteiger partial charge in [0.05, 0.1) is 6.61 Å². The highest BCUT2D eigenvalue weighted by molar-refractivity contribution is 6.30. The topological polar surface area (TPSA) is 27.7 Å². The zero-order valence-electron chi connectivity index (χ0n) is 11.8. The summed E-state index contributed by atoms with van der Waals surface area (Å²) >= 11 is 5.88.